The largest absolute Gasteiger partial charge is 0.465 e. The molecule has 136 valence electrons. The van der Waals surface area contributed by atoms with E-state index in [9.17, 15) is 4.79 Å². The molecule has 24 heavy (non-hydrogen) atoms. The minimum atomic E-state index is -0.593. The molecule has 0 saturated carbocycles. The summed E-state index contributed by atoms with van der Waals surface area (Å²) in [4.78, 5) is 12.6. The summed E-state index contributed by atoms with van der Waals surface area (Å²) in [6, 6.07) is 10.5. The zero-order valence-electron chi connectivity index (χ0n) is 16.1. The van der Waals surface area contributed by atoms with Crippen LogP contribution in [0.4, 0.5) is 0 Å². The molecule has 0 bridgehead atoms. The molecule has 0 aromatic heterocycles. The van der Waals surface area contributed by atoms with Crippen LogP contribution in [0.5, 0.6) is 0 Å². The molecule has 1 aromatic carbocycles. The van der Waals surface area contributed by atoms with Gasteiger partial charge in [0.1, 0.15) is 0 Å². The first kappa shape index (κ1) is 20.7. The highest BCUT2D eigenvalue weighted by Gasteiger charge is 2.45. The van der Waals surface area contributed by atoms with Crippen molar-refractivity contribution < 1.29 is 14.6 Å². The average Bonchev–Trinajstić information content (AvgIpc) is 2.53. The number of aliphatic hydroxyl groups excluding tert-OH is 1. The minimum Gasteiger partial charge on any atom is -0.465 e. The Labute approximate surface area is 147 Å². The van der Waals surface area contributed by atoms with Crippen molar-refractivity contribution in [1.82, 2.24) is 0 Å². The van der Waals surface area contributed by atoms with Gasteiger partial charge in [-0.05, 0) is 43.1 Å². The van der Waals surface area contributed by atoms with Crippen LogP contribution in [0.1, 0.15) is 65.9 Å². The summed E-state index contributed by atoms with van der Waals surface area (Å²) in [7, 11) is 0. The predicted molar refractivity (Wildman–Crippen MR) is 98.9 cm³/mol. The Morgan fingerprint density at radius 1 is 1.12 bits per heavy atom. The van der Waals surface area contributed by atoms with Gasteiger partial charge in [0.15, 0.2) is 0 Å². The number of hydrogen-bond acceptors (Lipinski definition) is 3. The van der Waals surface area contributed by atoms with Gasteiger partial charge in [-0.3, -0.25) is 4.79 Å². The van der Waals surface area contributed by atoms with Gasteiger partial charge in [-0.2, -0.15) is 0 Å². The van der Waals surface area contributed by atoms with Crippen LogP contribution in [0.25, 0.3) is 0 Å². The smallest absolute Gasteiger partial charge is 0.312 e. The fourth-order valence-corrected chi connectivity index (χ4v) is 2.93. The highest BCUT2D eigenvalue weighted by molar-refractivity contribution is 5.77. The maximum absolute atomic E-state index is 12.6. The molecule has 3 heteroatoms. The van der Waals surface area contributed by atoms with E-state index in [-0.39, 0.29) is 24.6 Å². The highest BCUT2D eigenvalue weighted by Crippen LogP contribution is 2.47. The van der Waals surface area contributed by atoms with Crippen molar-refractivity contribution >= 4 is 5.97 Å². The summed E-state index contributed by atoms with van der Waals surface area (Å²) in [6.45, 7) is 13.0. The van der Waals surface area contributed by atoms with Crippen LogP contribution in [0.15, 0.2) is 30.3 Å². The molecule has 1 rings (SSSR count). The Morgan fingerprint density at radius 3 is 2.21 bits per heavy atom. The first-order valence-corrected chi connectivity index (χ1v) is 8.96. The fraction of sp³-hybridized carbons (Fsp3) is 0.667. The van der Waals surface area contributed by atoms with Gasteiger partial charge in [0.2, 0.25) is 0 Å². The Hall–Kier alpha value is -1.35. The first-order valence-electron chi connectivity index (χ1n) is 8.96. The molecule has 1 N–H and O–H groups in total. The molecule has 0 aliphatic carbocycles. The predicted octanol–water partition coefficient (Wildman–Crippen LogP) is 4.79. The van der Waals surface area contributed by atoms with E-state index in [1.165, 1.54) is 5.56 Å². The van der Waals surface area contributed by atoms with Gasteiger partial charge in [0, 0.05) is 13.0 Å². The number of hydrogen-bond donors (Lipinski definition) is 1. The van der Waals surface area contributed by atoms with Crippen LogP contribution >= 0.6 is 0 Å². The number of aliphatic hydroxyl groups is 1. The van der Waals surface area contributed by atoms with Gasteiger partial charge in [-0.1, -0.05) is 58.0 Å². The fourth-order valence-electron chi connectivity index (χ4n) is 2.93. The number of esters is 1. The summed E-state index contributed by atoms with van der Waals surface area (Å²) >= 11 is 0. The van der Waals surface area contributed by atoms with E-state index in [4.69, 9.17) is 9.84 Å². The molecule has 0 fully saturated rings. The number of rotatable bonds is 9. The summed E-state index contributed by atoms with van der Waals surface area (Å²) in [5.74, 6) is 0.704. The minimum absolute atomic E-state index is 0.0422. The Morgan fingerprint density at radius 2 is 1.71 bits per heavy atom. The van der Waals surface area contributed by atoms with Crippen LogP contribution in [0, 0.1) is 16.7 Å². The lowest BCUT2D eigenvalue weighted by Crippen LogP contribution is -2.42. The van der Waals surface area contributed by atoms with E-state index in [0.29, 0.717) is 18.3 Å². The third-order valence-electron chi connectivity index (χ3n) is 5.50. The zero-order chi connectivity index (χ0) is 18.4. The van der Waals surface area contributed by atoms with E-state index >= 15 is 0 Å². The van der Waals surface area contributed by atoms with E-state index < -0.39 is 5.41 Å². The van der Waals surface area contributed by atoms with Crippen molar-refractivity contribution in [3.63, 3.8) is 0 Å². The second-order valence-corrected chi connectivity index (χ2v) is 8.19. The van der Waals surface area contributed by atoms with Crippen molar-refractivity contribution in [3.8, 4) is 0 Å². The molecule has 0 amide bonds. The van der Waals surface area contributed by atoms with Gasteiger partial charge < -0.3 is 9.84 Å². The SMILES string of the molecule is CC(C)C(CC(C)(C)C(C)(C)C(=O)OCCCO)c1ccccc1. The van der Waals surface area contributed by atoms with Crippen molar-refractivity contribution in [2.75, 3.05) is 13.2 Å². The number of ether oxygens (including phenoxy) is 1. The molecular weight excluding hydrogens is 300 g/mol. The maximum atomic E-state index is 12.6. The molecule has 1 atom stereocenters. The highest BCUT2D eigenvalue weighted by atomic mass is 16.5. The van der Waals surface area contributed by atoms with Crippen molar-refractivity contribution in [2.45, 2.75) is 60.3 Å². The molecule has 0 spiro atoms. The van der Waals surface area contributed by atoms with E-state index in [1.807, 2.05) is 19.9 Å². The van der Waals surface area contributed by atoms with Gasteiger partial charge in [0.05, 0.1) is 12.0 Å². The number of benzene rings is 1. The summed E-state index contributed by atoms with van der Waals surface area (Å²) < 4.78 is 5.38. The Balaban J connectivity index is 2.93. The van der Waals surface area contributed by atoms with Crippen molar-refractivity contribution in [3.05, 3.63) is 35.9 Å². The lowest BCUT2D eigenvalue weighted by atomic mass is 9.62. The molecule has 3 nitrogen and oxygen atoms in total. The average molecular weight is 334 g/mol. The van der Waals surface area contributed by atoms with Crippen LogP contribution in [0.2, 0.25) is 0 Å². The summed E-state index contributed by atoms with van der Waals surface area (Å²) in [5.41, 5.74) is 0.517. The molecule has 0 saturated heterocycles. The van der Waals surface area contributed by atoms with Gasteiger partial charge >= 0.3 is 5.97 Å². The normalized spacial score (nSPS) is 13.8. The van der Waals surface area contributed by atoms with Gasteiger partial charge in [-0.15, -0.1) is 0 Å². The first-order chi connectivity index (χ1) is 11.1. The lowest BCUT2D eigenvalue weighted by molar-refractivity contribution is -0.162. The molecule has 1 unspecified atom stereocenters. The molecule has 0 aliphatic rings. The maximum Gasteiger partial charge on any atom is 0.312 e. The van der Waals surface area contributed by atoms with Crippen LogP contribution < -0.4 is 0 Å². The Kier molecular flexibility index (Phi) is 7.47. The topological polar surface area (TPSA) is 46.5 Å². The molecule has 0 radical (unpaired) electrons. The molecule has 1 aromatic rings. The van der Waals surface area contributed by atoms with E-state index in [2.05, 4.69) is 52.0 Å². The molecule has 0 aliphatic heterocycles. The quantitative estimate of drug-likeness (QED) is 0.521. The Bertz CT molecular complexity index is 503. The van der Waals surface area contributed by atoms with Gasteiger partial charge in [-0.25, -0.2) is 0 Å². The second kappa shape index (κ2) is 8.66. The second-order valence-electron chi connectivity index (χ2n) is 8.19. The van der Waals surface area contributed by atoms with Crippen LogP contribution in [-0.4, -0.2) is 24.3 Å². The van der Waals surface area contributed by atoms with Crippen molar-refractivity contribution in [1.29, 1.82) is 0 Å². The summed E-state index contributed by atoms with van der Waals surface area (Å²) in [5, 5.41) is 8.86. The van der Waals surface area contributed by atoms with Crippen LogP contribution in [0.3, 0.4) is 0 Å². The zero-order valence-corrected chi connectivity index (χ0v) is 16.1. The number of carbonyl (C=O) groups is 1. The summed E-state index contributed by atoms with van der Waals surface area (Å²) in [6.07, 6.45) is 1.40. The molecular formula is C21H34O3. The van der Waals surface area contributed by atoms with E-state index in [0.717, 1.165) is 6.42 Å². The van der Waals surface area contributed by atoms with Gasteiger partial charge in [0.25, 0.3) is 0 Å². The van der Waals surface area contributed by atoms with E-state index in [1.54, 1.807) is 0 Å². The number of carbonyl (C=O) groups excluding carboxylic acids is 1. The lowest BCUT2D eigenvalue weighted by Gasteiger charge is -2.42. The monoisotopic (exact) mass is 334 g/mol. The third-order valence-corrected chi connectivity index (χ3v) is 5.50. The standard InChI is InChI=1S/C21H34O3/c1-16(2)18(17-11-8-7-9-12-17)15-20(3,4)21(5,6)19(23)24-14-10-13-22/h7-9,11-12,16,18,22H,10,13-15H2,1-6H3. The van der Waals surface area contributed by atoms with Crippen molar-refractivity contribution in [2.24, 2.45) is 16.7 Å². The molecule has 0 heterocycles. The third kappa shape index (κ3) is 5.07. The van der Waals surface area contributed by atoms with Crippen LogP contribution in [-0.2, 0) is 9.53 Å².